The average Bonchev–Trinajstić information content (AvgIpc) is 2.53. The van der Waals surface area contributed by atoms with Crippen LogP contribution in [0.25, 0.3) is 5.57 Å². The van der Waals surface area contributed by atoms with E-state index in [9.17, 15) is 4.79 Å². The van der Waals surface area contributed by atoms with Crippen molar-refractivity contribution >= 4 is 11.5 Å². The SMILES string of the molecule is CC(CCCN)C(=O)N1CC=C(c2ccccc2)CC1. The third kappa shape index (κ3) is 3.70. The summed E-state index contributed by atoms with van der Waals surface area (Å²) in [6.07, 6.45) is 4.94. The van der Waals surface area contributed by atoms with Crippen molar-refractivity contribution in [1.29, 1.82) is 0 Å². The number of hydrogen-bond acceptors (Lipinski definition) is 2. The maximum Gasteiger partial charge on any atom is 0.225 e. The Balaban J connectivity index is 1.93. The maximum atomic E-state index is 12.3. The molecule has 20 heavy (non-hydrogen) atoms. The van der Waals surface area contributed by atoms with Gasteiger partial charge in [0.05, 0.1) is 0 Å². The van der Waals surface area contributed by atoms with Crippen LogP contribution in [0.15, 0.2) is 36.4 Å². The Bertz CT molecular complexity index is 467. The topological polar surface area (TPSA) is 46.3 Å². The Labute approximate surface area is 121 Å². The first-order valence-corrected chi connectivity index (χ1v) is 7.45. The Morgan fingerprint density at radius 1 is 1.35 bits per heavy atom. The monoisotopic (exact) mass is 272 g/mol. The lowest BCUT2D eigenvalue weighted by atomic mass is 9.98. The molecule has 1 heterocycles. The van der Waals surface area contributed by atoms with Crippen LogP contribution in [-0.2, 0) is 4.79 Å². The largest absolute Gasteiger partial charge is 0.338 e. The molecule has 0 spiro atoms. The van der Waals surface area contributed by atoms with Crippen molar-refractivity contribution in [3.05, 3.63) is 42.0 Å². The summed E-state index contributed by atoms with van der Waals surface area (Å²) in [5.74, 6) is 0.354. The molecule has 3 heteroatoms. The van der Waals surface area contributed by atoms with Crippen LogP contribution in [0.5, 0.6) is 0 Å². The molecule has 1 aromatic rings. The Kier molecular flexibility index (Phi) is 5.36. The van der Waals surface area contributed by atoms with E-state index in [1.54, 1.807) is 0 Å². The molecule has 108 valence electrons. The van der Waals surface area contributed by atoms with E-state index in [2.05, 4.69) is 30.3 Å². The van der Waals surface area contributed by atoms with E-state index < -0.39 is 0 Å². The average molecular weight is 272 g/mol. The number of amides is 1. The minimum Gasteiger partial charge on any atom is -0.338 e. The van der Waals surface area contributed by atoms with Crippen LogP contribution in [-0.4, -0.2) is 30.4 Å². The summed E-state index contributed by atoms with van der Waals surface area (Å²) in [7, 11) is 0. The molecule has 3 nitrogen and oxygen atoms in total. The van der Waals surface area contributed by atoms with Gasteiger partial charge in [0, 0.05) is 19.0 Å². The smallest absolute Gasteiger partial charge is 0.225 e. The fourth-order valence-corrected chi connectivity index (χ4v) is 2.64. The molecule has 0 radical (unpaired) electrons. The van der Waals surface area contributed by atoms with E-state index in [1.165, 1.54) is 11.1 Å². The number of carbonyl (C=O) groups is 1. The molecule has 1 aliphatic heterocycles. The molecule has 1 unspecified atom stereocenters. The normalized spacial score (nSPS) is 16.7. The first kappa shape index (κ1) is 14.8. The highest BCUT2D eigenvalue weighted by Gasteiger charge is 2.22. The quantitative estimate of drug-likeness (QED) is 0.895. The van der Waals surface area contributed by atoms with Crippen LogP contribution in [0.3, 0.4) is 0 Å². The van der Waals surface area contributed by atoms with Gasteiger partial charge in [-0.1, -0.05) is 43.3 Å². The van der Waals surface area contributed by atoms with Gasteiger partial charge in [-0.25, -0.2) is 0 Å². The van der Waals surface area contributed by atoms with Crippen LogP contribution < -0.4 is 5.73 Å². The summed E-state index contributed by atoms with van der Waals surface area (Å²) >= 11 is 0. The second kappa shape index (κ2) is 7.25. The van der Waals surface area contributed by atoms with Gasteiger partial charge >= 0.3 is 0 Å². The molecule has 2 N–H and O–H groups in total. The summed E-state index contributed by atoms with van der Waals surface area (Å²) in [5.41, 5.74) is 8.13. The fraction of sp³-hybridized carbons (Fsp3) is 0.471. The summed E-state index contributed by atoms with van der Waals surface area (Å²) in [6.45, 7) is 4.23. The van der Waals surface area contributed by atoms with Crippen LogP contribution >= 0.6 is 0 Å². The van der Waals surface area contributed by atoms with Gasteiger partial charge in [-0.15, -0.1) is 0 Å². The summed E-state index contributed by atoms with van der Waals surface area (Å²) in [4.78, 5) is 14.3. The molecule has 0 saturated carbocycles. The van der Waals surface area contributed by atoms with Gasteiger partial charge in [0.25, 0.3) is 0 Å². The molecule has 2 rings (SSSR count). The number of nitrogens with two attached hydrogens (primary N) is 1. The van der Waals surface area contributed by atoms with Crippen LogP contribution in [0, 0.1) is 5.92 Å². The predicted molar refractivity (Wildman–Crippen MR) is 83.1 cm³/mol. The van der Waals surface area contributed by atoms with Gasteiger partial charge in [-0.3, -0.25) is 4.79 Å². The van der Waals surface area contributed by atoms with E-state index in [-0.39, 0.29) is 11.8 Å². The standard InChI is InChI=1S/C17H24N2O/c1-14(6-5-11-18)17(20)19-12-9-16(10-13-19)15-7-3-2-4-8-15/h2-4,7-9,14H,5-6,10-13,18H2,1H3. The second-order valence-corrected chi connectivity index (χ2v) is 5.46. The van der Waals surface area contributed by atoms with E-state index >= 15 is 0 Å². The zero-order valence-corrected chi connectivity index (χ0v) is 12.2. The number of benzene rings is 1. The molecule has 1 aliphatic rings. The van der Waals surface area contributed by atoms with Crippen LogP contribution in [0.4, 0.5) is 0 Å². The van der Waals surface area contributed by atoms with Crippen LogP contribution in [0.2, 0.25) is 0 Å². The zero-order valence-electron chi connectivity index (χ0n) is 12.2. The van der Waals surface area contributed by atoms with Gasteiger partial charge in [-0.05, 0) is 36.9 Å². The maximum absolute atomic E-state index is 12.3. The van der Waals surface area contributed by atoms with Gasteiger partial charge in [0.2, 0.25) is 5.91 Å². The van der Waals surface area contributed by atoms with Crippen LogP contribution in [0.1, 0.15) is 31.7 Å². The molecule has 1 aromatic carbocycles. The lowest BCUT2D eigenvalue weighted by Gasteiger charge is -2.29. The summed E-state index contributed by atoms with van der Waals surface area (Å²) < 4.78 is 0. The lowest BCUT2D eigenvalue weighted by Crippen LogP contribution is -2.38. The van der Waals surface area contributed by atoms with Crippen molar-refractivity contribution in [2.75, 3.05) is 19.6 Å². The van der Waals surface area contributed by atoms with Gasteiger partial charge in [0.1, 0.15) is 0 Å². The highest BCUT2D eigenvalue weighted by molar-refractivity contribution is 5.80. The Morgan fingerprint density at radius 2 is 2.10 bits per heavy atom. The predicted octanol–water partition coefficient (Wildman–Crippen LogP) is 2.68. The van der Waals surface area contributed by atoms with E-state index in [0.717, 1.165) is 32.4 Å². The van der Waals surface area contributed by atoms with Crippen molar-refractivity contribution in [2.24, 2.45) is 11.7 Å². The molecule has 1 amide bonds. The van der Waals surface area contributed by atoms with Gasteiger partial charge in [-0.2, -0.15) is 0 Å². The zero-order chi connectivity index (χ0) is 14.4. The fourth-order valence-electron chi connectivity index (χ4n) is 2.64. The number of nitrogens with zero attached hydrogens (tertiary/aromatic N) is 1. The molecule has 0 saturated heterocycles. The van der Waals surface area contributed by atoms with Crippen molar-refractivity contribution < 1.29 is 4.79 Å². The van der Waals surface area contributed by atoms with Crippen molar-refractivity contribution in [1.82, 2.24) is 4.90 Å². The summed E-state index contributed by atoms with van der Waals surface area (Å²) in [6, 6.07) is 10.4. The molecular formula is C17H24N2O. The second-order valence-electron chi connectivity index (χ2n) is 5.46. The first-order valence-electron chi connectivity index (χ1n) is 7.45. The molecule has 0 bridgehead atoms. The van der Waals surface area contributed by atoms with Crippen molar-refractivity contribution in [3.8, 4) is 0 Å². The molecule has 0 aromatic heterocycles. The number of carbonyl (C=O) groups excluding carboxylic acids is 1. The van der Waals surface area contributed by atoms with E-state index in [1.807, 2.05) is 17.9 Å². The lowest BCUT2D eigenvalue weighted by molar-refractivity contribution is -0.134. The van der Waals surface area contributed by atoms with E-state index in [4.69, 9.17) is 5.73 Å². The highest BCUT2D eigenvalue weighted by atomic mass is 16.2. The first-order chi connectivity index (χ1) is 9.72. The molecule has 0 fully saturated rings. The molecule has 1 atom stereocenters. The highest BCUT2D eigenvalue weighted by Crippen LogP contribution is 2.23. The van der Waals surface area contributed by atoms with E-state index in [0.29, 0.717) is 6.54 Å². The third-order valence-corrected chi connectivity index (χ3v) is 3.93. The Morgan fingerprint density at radius 3 is 2.70 bits per heavy atom. The Hall–Kier alpha value is -1.61. The van der Waals surface area contributed by atoms with Crippen molar-refractivity contribution in [2.45, 2.75) is 26.2 Å². The molecule has 0 aliphatic carbocycles. The number of hydrogen-bond donors (Lipinski definition) is 1. The third-order valence-electron chi connectivity index (χ3n) is 3.93. The van der Waals surface area contributed by atoms with Gasteiger partial charge < -0.3 is 10.6 Å². The minimum atomic E-state index is 0.0882. The molecular weight excluding hydrogens is 248 g/mol. The van der Waals surface area contributed by atoms with Gasteiger partial charge in [0.15, 0.2) is 0 Å². The summed E-state index contributed by atoms with van der Waals surface area (Å²) in [5, 5.41) is 0. The minimum absolute atomic E-state index is 0.0882. The van der Waals surface area contributed by atoms with Crippen molar-refractivity contribution in [3.63, 3.8) is 0 Å². The number of rotatable bonds is 5.